The van der Waals surface area contributed by atoms with Crippen LogP contribution in [0.3, 0.4) is 0 Å². The molecular weight excluding hydrogens is 1040 g/mol. The smallest absolute Gasteiger partial charge is 0.444 e. The Morgan fingerprint density at radius 3 is 1.99 bits per heavy atom. The van der Waals surface area contributed by atoms with Crippen LogP contribution < -0.4 is 43.0 Å². The van der Waals surface area contributed by atoms with Gasteiger partial charge in [-0.15, -0.1) is 0 Å². The first-order chi connectivity index (χ1) is 38.1. The molecule has 6 rings (SSSR count). The lowest BCUT2D eigenvalue weighted by atomic mass is 9.43. The van der Waals surface area contributed by atoms with Gasteiger partial charge in [0.2, 0.25) is 23.6 Å². The van der Waals surface area contributed by atoms with Crippen molar-refractivity contribution >= 4 is 48.7 Å². The number of amides is 7. The fourth-order valence-corrected chi connectivity index (χ4v) is 10.9. The Morgan fingerprint density at radius 1 is 0.741 bits per heavy atom. The van der Waals surface area contributed by atoms with Crippen LogP contribution in [0.15, 0.2) is 48.5 Å². The molecule has 3 saturated carbocycles. The van der Waals surface area contributed by atoms with Gasteiger partial charge in [0.05, 0.1) is 30.4 Å². The molecule has 0 spiro atoms. The summed E-state index contributed by atoms with van der Waals surface area (Å²) < 4.78 is 24.2. The molecule has 450 valence electrons. The number of aryl methyl sites for hydroxylation is 1. The van der Waals surface area contributed by atoms with Gasteiger partial charge in [-0.05, 0) is 150 Å². The van der Waals surface area contributed by atoms with Crippen LogP contribution in [0.5, 0.6) is 0 Å². The maximum Gasteiger partial charge on any atom is 0.484 e. The summed E-state index contributed by atoms with van der Waals surface area (Å²) in [5, 5.41) is 29.5. The van der Waals surface area contributed by atoms with Crippen molar-refractivity contribution < 1.29 is 57.5 Å². The molecular formula is C60H95BN8O12. The number of alkyl carbamates (subject to hydrolysis) is 1. The van der Waals surface area contributed by atoms with E-state index in [2.05, 4.69) is 82.3 Å². The highest BCUT2D eigenvalue weighted by atomic mass is 16.7. The second-order valence-corrected chi connectivity index (χ2v) is 25.0. The monoisotopic (exact) mass is 1130 g/mol. The summed E-state index contributed by atoms with van der Waals surface area (Å²) in [7, 11) is -0.917. The summed E-state index contributed by atoms with van der Waals surface area (Å²) in [4.78, 5) is 95.5. The van der Waals surface area contributed by atoms with Crippen LogP contribution in [0.4, 0.5) is 4.79 Å². The van der Waals surface area contributed by atoms with Gasteiger partial charge in [0.1, 0.15) is 23.7 Å². The molecule has 3 aliphatic carbocycles. The van der Waals surface area contributed by atoms with E-state index >= 15 is 0 Å². The molecule has 2 bridgehead atoms. The lowest BCUT2D eigenvalue weighted by molar-refractivity contribution is -0.199. The maximum atomic E-state index is 14.3. The average molecular weight is 1130 g/mol. The predicted molar refractivity (Wildman–Crippen MR) is 311 cm³/mol. The van der Waals surface area contributed by atoms with Crippen molar-refractivity contribution in [2.75, 3.05) is 26.3 Å². The summed E-state index contributed by atoms with van der Waals surface area (Å²) >= 11 is 0. The van der Waals surface area contributed by atoms with E-state index in [1.807, 2.05) is 46.8 Å². The summed E-state index contributed by atoms with van der Waals surface area (Å²) in [5.74, 6) is -4.04. The van der Waals surface area contributed by atoms with Crippen LogP contribution in [0, 0.1) is 29.1 Å². The average Bonchev–Trinajstić information content (AvgIpc) is 4.01. The number of ether oxygens (including phenoxy) is 2. The second kappa shape index (κ2) is 30.1. The number of nitrogens with two attached hydrogens (primary N) is 1. The van der Waals surface area contributed by atoms with Crippen LogP contribution in [0.25, 0.3) is 11.1 Å². The summed E-state index contributed by atoms with van der Waals surface area (Å²) in [6.07, 6.45) is 3.03. The molecule has 1 heterocycles. The van der Waals surface area contributed by atoms with Gasteiger partial charge >= 0.3 is 13.2 Å². The van der Waals surface area contributed by atoms with Crippen molar-refractivity contribution in [1.29, 1.82) is 0 Å². The molecule has 20 nitrogen and oxygen atoms in total. The third-order valence-corrected chi connectivity index (χ3v) is 15.9. The molecule has 2 aromatic rings. The number of aliphatic hydroxyl groups excluding tert-OH is 1. The highest BCUT2D eigenvalue weighted by Crippen LogP contribution is 2.65. The van der Waals surface area contributed by atoms with Crippen LogP contribution >= 0.6 is 0 Å². The van der Waals surface area contributed by atoms with Gasteiger partial charge in [-0.3, -0.25) is 28.8 Å². The molecule has 7 amide bonds. The van der Waals surface area contributed by atoms with Gasteiger partial charge < -0.3 is 66.8 Å². The van der Waals surface area contributed by atoms with E-state index in [0.717, 1.165) is 43.2 Å². The van der Waals surface area contributed by atoms with E-state index in [1.54, 1.807) is 39.8 Å². The normalized spacial score (nSPS) is 21.2. The minimum atomic E-state index is -1.70. The van der Waals surface area contributed by atoms with E-state index in [0.29, 0.717) is 30.7 Å². The number of aliphatic hydroxyl groups is 1. The summed E-state index contributed by atoms with van der Waals surface area (Å²) in [6, 6.07) is 11.8. The summed E-state index contributed by atoms with van der Waals surface area (Å²) in [5.41, 5.74) is 8.82. The third kappa shape index (κ3) is 19.2. The number of benzene rings is 2. The van der Waals surface area contributed by atoms with E-state index < -0.39 is 96.9 Å². The standard InChI is InChI=1S/C60H95BN8O12/c1-13-14-17-39-20-22-40(23-21-39)41-24-26-42(27-25-41)52(72)63-31-29-49(71)65-44(18-15-16-30-64-57(77)79-58(7,8)9)54(74)68-50(38(6)78-35-37(4)5)55(75)69-51(62)56(76)66-45(28-19-36(2)3)53(73)67-48(34-70)61-80-47-33-43-32-46(59(43,10)11)60(47,12)81-61/h20-27,36-38,43-48,50-51,70H,13-19,28-35,62H2,1-12H3,(H,63,72)(H,64,77)(H,65,71)(H,66,76)(H,67,73)(H,68,74)(H,69,75)/t38?,43-,44-,45-,46-,47?,48-,50-,51+,60-/m0/s1. The quantitative estimate of drug-likeness (QED) is 0.0253. The number of nitrogens with one attached hydrogen (secondary N) is 7. The number of unbranched alkanes of at least 4 members (excludes halogenated alkanes) is 2. The van der Waals surface area contributed by atoms with Gasteiger partial charge in [-0.2, -0.15) is 0 Å². The molecule has 0 radical (unpaired) electrons. The van der Waals surface area contributed by atoms with E-state index in [-0.39, 0.29) is 74.1 Å². The maximum absolute atomic E-state index is 14.3. The van der Waals surface area contributed by atoms with Crippen molar-refractivity contribution in [1.82, 2.24) is 37.2 Å². The highest BCUT2D eigenvalue weighted by molar-refractivity contribution is 6.48. The predicted octanol–water partition coefficient (Wildman–Crippen LogP) is 5.61. The molecule has 1 aliphatic heterocycles. The highest BCUT2D eigenvalue weighted by Gasteiger charge is 2.68. The molecule has 4 aliphatic rings. The van der Waals surface area contributed by atoms with Crippen molar-refractivity contribution in [3.05, 3.63) is 59.7 Å². The van der Waals surface area contributed by atoms with Crippen LogP contribution in [0.1, 0.15) is 163 Å². The molecule has 2 aromatic carbocycles. The first-order valence-corrected chi connectivity index (χ1v) is 29.4. The van der Waals surface area contributed by atoms with Crippen LogP contribution in [-0.2, 0) is 49.2 Å². The Balaban J connectivity index is 1.23. The number of rotatable bonds is 31. The fraction of sp³-hybridized carbons (Fsp3) is 0.683. The Kier molecular flexibility index (Phi) is 24.6. The Morgan fingerprint density at radius 2 is 1.38 bits per heavy atom. The first-order valence-electron chi connectivity index (χ1n) is 29.4. The molecule has 1 saturated heterocycles. The first kappa shape index (κ1) is 66.2. The van der Waals surface area contributed by atoms with Gasteiger partial charge in [-0.25, -0.2) is 4.79 Å². The van der Waals surface area contributed by atoms with Crippen molar-refractivity contribution in [3.8, 4) is 11.1 Å². The molecule has 21 heteroatoms. The third-order valence-electron chi connectivity index (χ3n) is 15.9. The SMILES string of the molecule is CCCCc1ccc(-c2ccc(C(=O)NCCC(=O)N[C@@H](CCCCNC(=O)OC(C)(C)C)C(=O)N[C@H](C(=O)N[C@@H](N)C(=O)N[C@@H](CCC(C)C)C(=O)N[C@@H](CO)B3OC4C[C@@H]5C[C@@H](C5(C)C)[C@]4(C)O3)C(C)OCC(C)C)cc2)cc1. The number of hydrogen-bond donors (Lipinski definition) is 9. The van der Waals surface area contributed by atoms with Crippen LogP contribution in [-0.4, -0.2) is 134 Å². The Bertz CT molecular complexity index is 2420. The van der Waals surface area contributed by atoms with Crippen molar-refractivity contribution in [2.24, 2.45) is 34.8 Å². The zero-order chi connectivity index (χ0) is 59.8. The molecule has 81 heavy (non-hydrogen) atoms. The van der Waals surface area contributed by atoms with Gasteiger partial charge in [0, 0.05) is 31.7 Å². The van der Waals surface area contributed by atoms with Crippen molar-refractivity contribution in [3.63, 3.8) is 0 Å². The van der Waals surface area contributed by atoms with Gasteiger partial charge in [0.15, 0.2) is 6.17 Å². The van der Waals surface area contributed by atoms with E-state index in [4.69, 9.17) is 24.5 Å². The number of hydrogen-bond acceptors (Lipinski definition) is 13. The Hall–Kier alpha value is -5.61. The topological polar surface area (TPSA) is 287 Å². The molecule has 2 unspecified atom stereocenters. The van der Waals surface area contributed by atoms with Crippen LogP contribution in [0.2, 0.25) is 0 Å². The lowest BCUT2D eigenvalue weighted by Gasteiger charge is -2.64. The lowest BCUT2D eigenvalue weighted by Crippen LogP contribution is -2.65. The van der Waals surface area contributed by atoms with E-state index in [1.165, 1.54) is 5.56 Å². The van der Waals surface area contributed by atoms with E-state index in [9.17, 15) is 38.7 Å². The molecule has 10 N–H and O–H groups in total. The van der Waals surface area contributed by atoms with Crippen molar-refractivity contribution in [2.45, 2.75) is 207 Å². The molecule has 10 atom stereocenters. The zero-order valence-corrected chi connectivity index (χ0v) is 50.2. The minimum absolute atomic E-state index is 0.0372. The molecule has 0 aromatic heterocycles. The second-order valence-electron chi connectivity index (χ2n) is 25.0. The summed E-state index contributed by atoms with van der Waals surface area (Å²) in [6.45, 7) is 23.2. The van der Waals surface area contributed by atoms with Gasteiger partial charge in [0.25, 0.3) is 11.8 Å². The Labute approximate surface area is 480 Å². The fourth-order valence-electron chi connectivity index (χ4n) is 10.9. The zero-order valence-electron chi connectivity index (χ0n) is 50.2. The number of carbonyl (C=O) groups is 7. The molecule has 4 fully saturated rings. The van der Waals surface area contributed by atoms with Gasteiger partial charge in [-0.1, -0.05) is 91.3 Å². The minimum Gasteiger partial charge on any atom is -0.444 e. The largest absolute Gasteiger partial charge is 0.484 e. The number of carbonyl (C=O) groups excluding carboxylic acids is 7.